The number of nitro groups is 1. The van der Waals surface area contributed by atoms with E-state index in [1.54, 1.807) is 24.8 Å². The molecule has 1 fully saturated rings. The summed E-state index contributed by atoms with van der Waals surface area (Å²) in [5.74, 6) is -0.583. The maximum Gasteiger partial charge on any atom is 0.270 e. The molecule has 1 aromatic heterocycles. The molecule has 168 valence electrons. The van der Waals surface area contributed by atoms with Crippen LogP contribution in [0.3, 0.4) is 0 Å². The number of nitrogens with zero attached hydrogens (tertiary/aromatic N) is 3. The number of benzene rings is 2. The predicted octanol–water partition coefficient (Wildman–Crippen LogP) is 3.71. The molecule has 3 aromatic rings. The molecule has 4 rings (SSSR count). The fourth-order valence-corrected chi connectivity index (χ4v) is 6.62. The summed E-state index contributed by atoms with van der Waals surface area (Å²) in [5, 5.41) is 11.8. The molecule has 2 aromatic carbocycles. The Morgan fingerprint density at radius 2 is 1.78 bits per heavy atom. The first-order valence-corrected chi connectivity index (χ1v) is 12.1. The monoisotopic (exact) mass is 477 g/mol. The molecular formula is C21H20FN3O5S2. The smallest absolute Gasteiger partial charge is 0.270 e. The van der Waals surface area contributed by atoms with Gasteiger partial charge in [-0.1, -0.05) is 6.07 Å². The number of amides is 1. The molecule has 1 amide bonds. The third-order valence-electron chi connectivity index (χ3n) is 5.62. The van der Waals surface area contributed by atoms with Crippen LogP contribution < -0.4 is 0 Å². The van der Waals surface area contributed by atoms with E-state index in [-0.39, 0.29) is 48.5 Å². The summed E-state index contributed by atoms with van der Waals surface area (Å²) in [6.07, 6.45) is 0. The van der Waals surface area contributed by atoms with Crippen LogP contribution in [-0.2, 0) is 10.0 Å². The van der Waals surface area contributed by atoms with E-state index in [0.717, 1.165) is 10.8 Å². The standard InChI is InChI=1S/C21H20FN3O5S2/c1-13-3-5-16(25(27)28)12-19(13)32(29,30)24-9-7-23(8-10-24)21(26)20-14(2)17-11-15(22)4-6-18(17)31-20/h3-6,11-12H,7-10H2,1-2H3. The van der Waals surface area contributed by atoms with E-state index in [1.807, 2.05) is 0 Å². The maximum absolute atomic E-state index is 13.6. The number of non-ortho nitro benzene ring substituents is 1. The van der Waals surface area contributed by atoms with Crippen molar-refractivity contribution < 1.29 is 22.5 Å². The van der Waals surface area contributed by atoms with Crippen LogP contribution in [0.5, 0.6) is 0 Å². The summed E-state index contributed by atoms with van der Waals surface area (Å²) >= 11 is 1.29. The van der Waals surface area contributed by atoms with Gasteiger partial charge in [-0.05, 0) is 48.6 Å². The van der Waals surface area contributed by atoms with Gasteiger partial charge in [0.05, 0.1) is 14.7 Å². The predicted molar refractivity (Wildman–Crippen MR) is 119 cm³/mol. The van der Waals surface area contributed by atoms with Gasteiger partial charge in [0.1, 0.15) is 5.82 Å². The topological polar surface area (TPSA) is 101 Å². The molecule has 0 bridgehead atoms. The Morgan fingerprint density at radius 1 is 1.09 bits per heavy atom. The molecule has 11 heteroatoms. The van der Waals surface area contributed by atoms with Crippen molar-refractivity contribution in [1.82, 2.24) is 9.21 Å². The van der Waals surface area contributed by atoms with E-state index in [0.29, 0.717) is 21.4 Å². The molecule has 0 N–H and O–H groups in total. The van der Waals surface area contributed by atoms with Gasteiger partial charge < -0.3 is 4.90 Å². The zero-order valence-corrected chi connectivity index (χ0v) is 19.0. The number of thiophene rings is 1. The molecule has 1 aliphatic rings. The average molecular weight is 478 g/mol. The molecular weight excluding hydrogens is 457 g/mol. The van der Waals surface area contributed by atoms with Crippen molar-refractivity contribution in [3.63, 3.8) is 0 Å². The SMILES string of the molecule is Cc1ccc([N+](=O)[O-])cc1S(=O)(=O)N1CCN(C(=O)c2sc3ccc(F)cc3c2C)CC1. The first-order chi connectivity index (χ1) is 15.1. The number of nitro benzene ring substituents is 1. The van der Waals surface area contributed by atoms with Crippen LogP contribution in [0.1, 0.15) is 20.8 Å². The third-order valence-corrected chi connectivity index (χ3v) is 8.92. The van der Waals surface area contributed by atoms with Crippen molar-refractivity contribution in [3.8, 4) is 0 Å². The van der Waals surface area contributed by atoms with Crippen molar-refractivity contribution in [2.75, 3.05) is 26.2 Å². The molecule has 32 heavy (non-hydrogen) atoms. The number of carbonyl (C=O) groups is 1. The number of hydrogen-bond donors (Lipinski definition) is 0. The Morgan fingerprint density at radius 3 is 2.44 bits per heavy atom. The second-order valence-electron chi connectivity index (χ2n) is 7.60. The van der Waals surface area contributed by atoms with E-state index in [4.69, 9.17) is 0 Å². The Kier molecular flexibility index (Phi) is 5.74. The molecule has 1 saturated heterocycles. The molecule has 0 atom stereocenters. The zero-order valence-electron chi connectivity index (χ0n) is 17.4. The first kappa shape index (κ1) is 22.3. The van der Waals surface area contributed by atoms with Gasteiger partial charge in [0.25, 0.3) is 11.6 Å². The fourth-order valence-electron chi connectivity index (χ4n) is 3.79. The fraction of sp³-hybridized carbons (Fsp3) is 0.286. The van der Waals surface area contributed by atoms with Crippen molar-refractivity contribution in [3.05, 3.63) is 68.3 Å². The summed E-state index contributed by atoms with van der Waals surface area (Å²) in [4.78, 5) is 25.5. The van der Waals surface area contributed by atoms with Gasteiger partial charge in [0.2, 0.25) is 10.0 Å². The first-order valence-electron chi connectivity index (χ1n) is 9.82. The maximum atomic E-state index is 13.6. The van der Waals surface area contributed by atoms with Gasteiger partial charge >= 0.3 is 0 Å². The van der Waals surface area contributed by atoms with E-state index in [9.17, 15) is 27.7 Å². The van der Waals surface area contributed by atoms with Gasteiger partial charge in [0.15, 0.2) is 0 Å². The second kappa shape index (κ2) is 8.23. The number of sulfonamides is 1. The van der Waals surface area contributed by atoms with Crippen LogP contribution in [0.15, 0.2) is 41.3 Å². The highest BCUT2D eigenvalue weighted by atomic mass is 32.2. The van der Waals surface area contributed by atoms with E-state index < -0.39 is 14.9 Å². The third kappa shape index (κ3) is 3.87. The lowest BCUT2D eigenvalue weighted by Gasteiger charge is -2.34. The number of aryl methyl sites for hydroxylation is 2. The molecule has 2 heterocycles. The number of hydrogen-bond acceptors (Lipinski definition) is 6. The second-order valence-corrected chi connectivity index (χ2v) is 10.6. The van der Waals surface area contributed by atoms with Gasteiger partial charge in [-0.25, -0.2) is 12.8 Å². The number of halogens is 1. The van der Waals surface area contributed by atoms with Gasteiger partial charge in [-0.2, -0.15) is 4.31 Å². The summed E-state index contributed by atoms with van der Waals surface area (Å²) in [6, 6.07) is 8.16. The molecule has 0 spiro atoms. The quantitative estimate of drug-likeness (QED) is 0.421. The summed E-state index contributed by atoms with van der Waals surface area (Å²) in [7, 11) is -3.94. The number of rotatable bonds is 4. The van der Waals surface area contributed by atoms with E-state index in [2.05, 4.69) is 0 Å². The molecule has 1 aliphatic heterocycles. The van der Waals surface area contributed by atoms with Crippen molar-refractivity contribution in [2.45, 2.75) is 18.7 Å². The largest absolute Gasteiger partial charge is 0.335 e. The minimum atomic E-state index is -3.94. The van der Waals surface area contributed by atoms with Crippen molar-refractivity contribution >= 4 is 43.0 Å². The minimum absolute atomic E-state index is 0.0782. The van der Waals surface area contributed by atoms with Crippen LogP contribution in [-0.4, -0.2) is 54.6 Å². The average Bonchev–Trinajstić information content (AvgIpc) is 3.09. The van der Waals surface area contributed by atoms with Crippen LogP contribution in [0.25, 0.3) is 10.1 Å². The molecule has 0 saturated carbocycles. The lowest BCUT2D eigenvalue weighted by Crippen LogP contribution is -2.50. The summed E-state index contributed by atoms with van der Waals surface area (Å²) < 4.78 is 41.8. The molecule has 0 aliphatic carbocycles. The molecule has 0 unspecified atom stereocenters. The highest BCUT2D eigenvalue weighted by Crippen LogP contribution is 2.33. The molecule has 0 radical (unpaired) electrons. The number of carbonyl (C=O) groups excluding carboxylic acids is 1. The van der Waals surface area contributed by atoms with E-state index in [1.165, 1.54) is 39.9 Å². The number of fused-ring (bicyclic) bond motifs is 1. The van der Waals surface area contributed by atoms with Crippen LogP contribution in [0.4, 0.5) is 10.1 Å². The summed E-state index contributed by atoms with van der Waals surface area (Å²) in [5.41, 5.74) is 0.832. The van der Waals surface area contributed by atoms with Crippen LogP contribution >= 0.6 is 11.3 Å². The number of piperazine rings is 1. The Labute approximate surface area is 188 Å². The lowest BCUT2D eigenvalue weighted by molar-refractivity contribution is -0.385. The zero-order chi connectivity index (χ0) is 23.2. The van der Waals surface area contributed by atoms with Crippen molar-refractivity contribution in [1.29, 1.82) is 0 Å². The summed E-state index contributed by atoms with van der Waals surface area (Å²) in [6.45, 7) is 3.90. The van der Waals surface area contributed by atoms with Gasteiger partial charge in [0, 0.05) is 43.0 Å². The van der Waals surface area contributed by atoms with Crippen molar-refractivity contribution in [2.24, 2.45) is 0 Å². The Bertz CT molecular complexity index is 1340. The van der Waals surface area contributed by atoms with E-state index >= 15 is 0 Å². The van der Waals surface area contributed by atoms with Crippen LogP contribution in [0.2, 0.25) is 0 Å². The van der Waals surface area contributed by atoms with Crippen LogP contribution in [0, 0.1) is 29.8 Å². The lowest BCUT2D eigenvalue weighted by atomic mass is 10.1. The molecule has 8 nitrogen and oxygen atoms in total. The highest BCUT2D eigenvalue weighted by Gasteiger charge is 2.33. The Balaban J connectivity index is 1.53. The minimum Gasteiger partial charge on any atom is -0.335 e. The Hall–Kier alpha value is -2.89. The van der Waals surface area contributed by atoms with Gasteiger partial charge in [-0.15, -0.1) is 11.3 Å². The highest BCUT2D eigenvalue weighted by molar-refractivity contribution is 7.89. The normalized spacial score (nSPS) is 15.3. The van der Waals surface area contributed by atoms with Gasteiger partial charge in [-0.3, -0.25) is 14.9 Å².